The molecular formula is C12H22N2S2. The zero-order valence-electron chi connectivity index (χ0n) is 10.7. The molecule has 1 aromatic rings. The van der Waals surface area contributed by atoms with Crippen molar-refractivity contribution in [3.8, 4) is 0 Å². The van der Waals surface area contributed by atoms with E-state index in [0.717, 1.165) is 6.42 Å². The van der Waals surface area contributed by atoms with Crippen LogP contribution in [0.2, 0.25) is 0 Å². The highest BCUT2D eigenvalue weighted by Gasteiger charge is 2.15. The molecular weight excluding hydrogens is 236 g/mol. The van der Waals surface area contributed by atoms with E-state index in [4.69, 9.17) is 4.98 Å². The summed E-state index contributed by atoms with van der Waals surface area (Å²) in [5, 5.41) is 4.63. The minimum Gasteiger partial charge on any atom is -0.311 e. The van der Waals surface area contributed by atoms with Gasteiger partial charge in [0.15, 0.2) is 0 Å². The van der Waals surface area contributed by atoms with E-state index in [2.05, 4.69) is 26.1 Å². The molecule has 1 aromatic heterocycles. The normalized spacial score (nSPS) is 13.0. The largest absolute Gasteiger partial charge is 0.311 e. The second-order valence-corrected chi connectivity index (χ2v) is 6.36. The van der Waals surface area contributed by atoms with Crippen LogP contribution in [0.3, 0.4) is 0 Å². The monoisotopic (exact) mass is 258 g/mol. The Hall–Kier alpha value is -0.0600. The van der Waals surface area contributed by atoms with Crippen LogP contribution in [-0.2, 0) is 6.42 Å². The fourth-order valence-electron chi connectivity index (χ4n) is 1.66. The Morgan fingerprint density at radius 3 is 2.69 bits per heavy atom. The van der Waals surface area contributed by atoms with Crippen LogP contribution >= 0.6 is 23.1 Å². The maximum Gasteiger partial charge on any atom is 0.110 e. The van der Waals surface area contributed by atoms with Gasteiger partial charge < -0.3 is 5.32 Å². The summed E-state index contributed by atoms with van der Waals surface area (Å²) in [5.74, 6) is 2.41. The van der Waals surface area contributed by atoms with Gasteiger partial charge in [-0.1, -0.05) is 13.8 Å². The van der Waals surface area contributed by atoms with Crippen molar-refractivity contribution < 1.29 is 0 Å². The number of thioether (sulfide) groups is 1. The molecule has 0 spiro atoms. The Bertz CT molecular complexity index is 310. The molecule has 0 saturated carbocycles. The minimum atomic E-state index is 0.433. The van der Waals surface area contributed by atoms with Gasteiger partial charge in [-0.25, -0.2) is 4.98 Å². The topological polar surface area (TPSA) is 24.9 Å². The van der Waals surface area contributed by atoms with E-state index in [1.54, 1.807) is 0 Å². The van der Waals surface area contributed by atoms with Crippen LogP contribution in [0.15, 0.2) is 0 Å². The first-order valence-corrected chi connectivity index (χ1v) is 7.91. The number of hydrogen-bond acceptors (Lipinski definition) is 4. The predicted molar refractivity (Wildman–Crippen MR) is 75.6 cm³/mol. The molecule has 1 atom stereocenters. The van der Waals surface area contributed by atoms with Crippen molar-refractivity contribution in [1.82, 2.24) is 10.3 Å². The molecule has 1 unspecified atom stereocenters. The molecule has 1 heterocycles. The zero-order chi connectivity index (χ0) is 12.0. The SMILES string of the molecule is CCSCCC(NC)c1nc(CC)c(C)s1. The minimum absolute atomic E-state index is 0.433. The Morgan fingerprint density at radius 1 is 1.44 bits per heavy atom. The highest BCUT2D eigenvalue weighted by Crippen LogP contribution is 2.26. The first kappa shape index (κ1) is 14.0. The van der Waals surface area contributed by atoms with E-state index in [9.17, 15) is 0 Å². The molecule has 1 N–H and O–H groups in total. The number of aryl methyl sites for hydroxylation is 2. The summed E-state index contributed by atoms with van der Waals surface area (Å²) in [6, 6.07) is 0.433. The Kier molecular flexibility index (Phi) is 6.39. The second-order valence-electron chi connectivity index (χ2n) is 3.74. The van der Waals surface area contributed by atoms with Crippen molar-refractivity contribution in [3.05, 3.63) is 15.6 Å². The fraction of sp³-hybridized carbons (Fsp3) is 0.750. The molecule has 0 fully saturated rings. The summed E-state index contributed by atoms with van der Waals surface area (Å²) in [6.07, 6.45) is 2.22. The van der Waals surface area contributed by atoms with Gasteiger partial charge in [0.05, 0.1) is 11.7 Å². The van der Waals surface area contributed by atoms with Crippen LogP contribution in [0.5, 0.6) is 0 Å². The highest BCUT2D eigenvalue weighted by atomic mass is 32.2. The Labute approximate surface area is 107 Å². The van der Waals surface area contributed by atoms with E-state index in [1.807, 2.05) is 30.1 Å². The lowest BCUT2D eigenvalue weighted by Crippen LogP contribution is -2.17. The van der Waals surface area contributed by atoms with Gasteiger partial charge in [0.1, 0.15) is 5.01 Å². The molecule has 0 aliphatic heterocycles. The van der Waals surface area contributed by atoms with Crippen LogP contribution in [-0.4, -0.2) is 23.5 Å². The van der Waals surface area contributed by atoms with Gasteiger partial charge in [0.2, 0.25) is 0 Å². The molecule has 1 rings (SSSR count). The quantitative estimate of drug-likeness (QED) is 0.759. The molecule has 0 radical (unpaired) electrons. The molecule has 0 bridgehead atoms. The van der Waals surface area contributed by atoms with Crippen LogP contribution < -0.4 is 5.32 Å². The average molecular weight is 258 g/mol. The third-order valence-electron chi connectivity index (χ3n) is 2.65. The third kappa shape index (κ3) is 3.75. The summed E-state index contributed by atoms with van der Waals surface area (Å²) in [6.45, 7) is 6.56. The molecule has 0 aromatic carbocycles. The van der Waals surface area contributed by atoms with Crippen LogP contribution in [0, 0.1) is 6.92 Å². The van der Waals surface area contributed by atoms with E-state index in [-0.39, 0.29) is 0 Å². The first-order chi connectivity index (χ1) is 7.72. The molecule has 16 heavy (non-hydrogen) atoms. The van der Waals surface area contributed by atoms with Crippen LogP contribution in [0.1, 0.15) is 41.9 Å². The van der Waals surface area contributed by atoms with E-state index in [0.29, 0.717) is 6.04 Å². The molecule has 2 nitrogen and oxygen atoms in total. The lowest BCUT2D eigenvalue weighted by atomic mass is 10.2. The molecule has 4 heteroatoms. The average Bonchev–Trinajstić information content (AvgIpc) is 2.66. The van der Waals surface area contributed by atoms with Gasteiger partial charge in [-0.05, 0) is 38.3 Å². The zero-order valence-corrected chi connectivity index (χ0v) is 12.3. The van der Waals surface area contributed by atoms with E-state index >= 15 is 0 Å². The summed E-state index contributed by atoms with van der Waals surface area (Å²) in [7, 11) is 2.03. The van der Waals surface area contributed by atoms with Crippen LogP contribution in [0.25, 0.3) is 0 Å². The summed E-state index contributed by atoms with van der Waals surface area (Å²) >= 11 is 3.85. The second kappa shape index (κ2) is 7.30. The highest BCUT2D eigenvalue weighted by molar-refractivity contribution is 7.99. The fourth-order valence-corrected chi connectivity index (χ4v) is 3.51. The maximum atomic E-state index is 4.72. The van der Waals surface area contributed by atoms with Crippen LogP contribution in [0.4, 0.5) is 0 Å². The maximum absolute atomic E-state index is 4.72. The molecule has 0 amide bonds. The van der Waals surface area contributed by atoms with Crippen molar-refractivity contribution >= 4 is 23.1 Å². The van der Waals surface area contributed by atoms with Gasteiger partial charge in [-0.15, -0.1) is 11.3 Å². The molecule has 0 aliphatic carbocycles. The lowest BCUT2D eigenvalue weighted by molar-refractivity contribution is 0.576. The smallest absolute Gasteiger partial charge is 0.110 e. The van der Waals surface area contributed by atoms with Crippen molar-refractivity contribution in [2.45, 2.75) is 39.7 Å². The van der Waals surface area contributed by atoms with Gasteiger partial charge in [-0.3, -0.25) is 0 Å². The van der Waals surface area contributed by atoms with Crippen molar-refractivity contribution in [1.29, 1.82) is 0 Å². The number of nitrogens with one attached hydrogen (secondary N) is 1. The van der Waals surface area contributed by atoms with Crippen molar-refractivity contribution in [2.75, 3.05) is 18.6 Å². The van der Waals surface area contributed by atoms with E-state index in [1.165, 1.54) is 33.5 Å². The van der Waals surface area contributed by atoms with Gasteiger partial charge in [-0.2, -0.15) is 11.8 Å². The van der Waals surface area contributed by atoms with Gasteiger partial charge in [0, 0.05) is 4.88 Å². The first-order valence-electron chi connectivity index (χ1n) is 5.94. The summed E-state index contributed by atoms with van der Waals surface area (Å²) in [5.41, 5.74) is 1.27. The molecule has 0 saturated heterocycles. The Morgan fingerprint density at radius 2 is 2.19 bits per heavy atom. The van der Waals surface area contributed by atoms with Crippen molar-refractivity contribution in [2.24, 2.45) is 0 Å². The number of aromatic nitrogens is 1. The van der Waals surface area contributed by atoms with E-state index < -0.39 is 0 Å². The standard InChI is InChI=1S/C12H22N2S2/c1-5-10-9(3)16-12(14-10)11(13-4)7-8-15-6-2/h11,13H,5-8H2,1-4H3. The number of thiazole rings is 1. The van der Waals surface area contributed by atoms with Gasteiger partial charge in [0.25, 0.3) is 0 Å². The Balaban J connectivity index is 2.63. The number of nitrogens with zero attached hydrogens (tertiary/aromatic N) is 1. The summed E-state index contributed by atoms with van der Waals surface area (Å²) in [4.78, 5) is 6.10. The summed E-state index contributed by atoms with van der Waals surface area (Å²) < 4.78 is 0. The molecule has 92 valence electrons. The third-order valence-corrected chi connectivity index (χ3v) is 4.71. The lowest BCUT2D eigenvalue weighted by Gasteiger charge is -2.12. The molecule has 0 aliphatic rings. The van der Waals surface area contributed by atoms with Crippen molar-refractivity contribution in [3.63, 3.8) is 0 Å². The number of rotatable bonds is 7. The number of hydrogen-bond donors (Lipinski definition) is 1. The van der Waals surface area contributed by atoms with Gasteiger partial charge >= 0.3 is 0 Å². The predicted octanol–water partition coefficient (Wildman–Crippen LogP) is 3.42.